The molecule has 0 aliphatic rings. The Labute approximate surface area is 141 Å². The van der Waals surface area contributed by atoms with E-state index in [1.165, 1.54) is 0 Å². The van der Waals surface area contributed by atoms with Crippen LogP contribution in [0, 0.1) is 10.7 Å². The zero-order chi connectivity index (χ0) is 13.2. The van der Waals surface area contributed by atoms with Crippen molar-refractivity contribution >= 4 is 73.7 Å². The molecule has 94 valence electrons. The highest BCUT2D eigenvalue weighted by atomic mass is 127. The molecular formula is C11H11I3O3. The van der Waals surface area contributed by atoms with Gasteiger partial charge in [-0.05, 0) is 91.9 Å². The van der Waals surface area contributed by atoms with Crippen LogP contribution in [0.5, 0.6) is 0 Å². The van der Waals surface area contributed by atoms with Crippen molar-refractivity contribution in [1.82, 2.24) is 0 Å². The van der Waals surface area contributed by atoms with Crippen LogP contribution in [-0.2, 0) is 4.79 Å². The minimum absolute atomic E-state index is 0.426. The van der Waals surface area contributed by atoms with Gasteiger partial charge in [-0.1, -0.05) is 6.92 Å². The number of carboxylic acids is 1. The molecule has 0 spiro atoms. The van der Waals surface area contributed by atoms with Gasteiger partial charge in [0.05, 0.1) is 6.10 Å². The maximum absolute atomic E-state index is 11.3. The van der Waals surface area contributed by atoms with Gasteiger partial charge in [-0.15, -0.1) is 0 Å². The van der Waals surface area contributed by atoms with E-state index >= 15 is 0 Å². The maximum Gasteiger partial charge on any atom is 0.313 e. The van der Waals surface area contributed by atoms with Crippen molar-refractivity contribution in [2.75, 3.05) is 0 Å². The number of hydrogen-bond donors (Lipinski definition) is 2. The van der Waals surface area contributed by atoms with Gasteiger partial charge >= 0.3 is 5.97 Å². The van der Waals surface area contributed by atoms with Crippen molar-refractivity contribution in [3.8, 4) is 0 Å². The average Bonchev–Trinajstić information content (AvgIpc) is 2.21. The number of carboxylic acid groups (broad SMARTS) is 1. The lowest BCUT2D eigenvalue weighted by Crippen LogP contribution is -2.27. The van der Waals surface area contributed by atoms with E-state index in [9.17, 15) is 15.0 Å². The Morgan fingerprint density at radius 2 is 1.76 bits per heavy atom. The lowest BCUT2D eigenvalue weighted by molar-refractivity contribution is -0.141. The second-order valence-corrected chi connectivity index (χ2v) is 7.14. The molecule has 0 aliphatic carbocycles. The van der Waals surface area contributed by atoms with Gasteiger partial charge in [0, 0.05) is 10.7 Å². The third-order valence-corrected chi connectivity index (χ3v) is 4.83. The molecule has 6 heteroatoms. The predicted octanol–water partition coefficient (Wildman–Crippen LogP) is 3.44. The van der Waals surface area contributed by atoms with Crippen LogP contribution >= 0.6 is 67.8 Å². The van der Waals surface area contributed by atoms with E-state index in [2.05, 4.69) is 67.8 Å². The molecule has 2 unspecified atom stereocenters. The summed E-state index contributed by atoms with van der Waals surface area (Å²) >= 11 is 6.45. The van der Waals surface area contributed by atoms with Gasteiger partial charge < -0.3 is 10.2 Å². The molecule has 1 aromatic rings. The monoisotopic (exact) mass is 572 g/mol. The number of halogens is 3. The van der Waals surface area contributed by atoms with Crippen LogP contribution in [0.25, 0.3) is 0 Å². The summed E-state index contributed by atoms with van der Waals surface area (Å²) in [5.41, 5.74) is 0.716. The Balaban J connectivity index is 3.33. The van der Waals surface area contributed by atoms with Crippen LogP contribution in [0.3, 0.4) is 0 Å². The highest BCUT2D eigenvalue weighted by Crippen LogP contribution is 2.32. The molecule has 2 N–H and O–H groups in total. The Hall–Kier alpha value is 0.840. The Morgan fingerprint density at radius 3 is 2.12 bits per heavy atom. The summed E-state index contributed by atoms with van der Waals surface area (Å²) in [6.45, 7) is 1.78. The lowest BCUT2D eigenvalue weighted by Gasteiger charge is -2.21. The largest absolute Gasteiger partial charge is 0.481 e. The molecule has 0 saturated carbocycles. The Bertz CT molecular complexity index is 411. The second kappa shape index (κ2) is 6.85. The molecule has 0 heterocycles. The van der Waals surface area contributed by atoms with Crippen LogP contribution in [0.1, 0.15) is 24.8 Å². The number of aliphatic hydroxyl groups is 1. The molecule has 0 aliphatic heterocycles. The first kappa shape index (κ1) is 15.9. The molecule has 0 bridgehead atoms. The lowest BCUT2D eigenvalue weighted by atomic mass is 9.92. The fourth-order valence-corrected chi connectivity index (χ4v) is 5.82. The van der Waals surface area contributed by atoms with E-state index in [0.29, 0.717) is 12.0 Å². The van der Waals surface area contributed by atoms with Gasteiger partial charge in [-0.3, -0.25) is 4.79 Å². The van der Waals surface area contributed by atoms with Gasteiger partial charge in [0.2, 0.25) is 0 Å². The van der Waals surface area contributed by atoms with Crippen LogP contribution < -0.4 is 0 Å². The van der Waals surface area contributed by atoms with Crippen LogP contribution in [0.4, 0.5) is 0 Å². The zero-order valence-corrected chi connectivity index (χ0v) is 15.4. The highest BCUT2D eigenvalue weighted by Gasteiger charge is 2.30. The Morgan fingerprint density at radius 1 is 1.29 bits per heavy atom. The summed E-state index contributed by atoms with van der Waals surface area (Å²) in [6, 6.07) is 3.86. The number of rotatable bonds is 4. The van der Waals surface area contributed by atoms with E-state index in [-0.39, 0.29) is 0 Å². The summed E-state index contributed by atoms with van der Waals surface area (Å²) in [4.78, 5) is 11.3. The van der Waals surface area contributed by atoms with Crippen molar-refractivity contribution in [2.45, 2.75) is 25.4 Å². The Kier molecular flexibility index (Phi) is 6.40. The normalized spacial score (nSPS) is 14.4. The molecule has 0 saturated heterocycles. The van der Waals surface area contributed by atoms with Gasteiger partial charge in [-0.2, -0.15) is 0 Å². The van der Waals surface area contributed by atoms with Crippen molar-refractivity contribution in [2.24, 2.45) is 0 Å². The fraction of sp³-hybridized carbons (Fsp3) is 0.364. The quantitative estimate of drug-likeness (QED) is 0.545. The first-order chi connectivity index (χ1) is 7.88. The molecule has 0 amide bonds. The van der Waals surface area contributed by atoms with E-state index in [0.717, 1.165) is 10.7 Å². The van der Waals surface area contributed by atoms with Crippen LogP contribution in [0.15, 0.2) is 12.1 Å². The number of aliphatic hydroxyl groups excluding tert-OH is 1. The SMILES string of the molecule is CCC(O)C(C(=O)O)c1c(I)cc(I)cc1I. The first-order valence-electron chi connectivity index (χ1n) is 4.93. The van der Waals surface area contributed by atoms with Crippen molar-refractivity contribution in [1.29, 1.82) is 0 Å². The van der Waals surface area contributed by atoms with Gasteiger partial charge in [0.15, 0.2) is 0 Å². The van der Waals surface area contributed by atoms with Crippen molar-refractivity contribution in [3.63, 3.8) is 0 Å². The fourth-order valence-electron chi connectivity index (χ4n) is 1.57. The summed E-state index contributed by atoms with van der Waals surface area (Å²) in [6.07, 6.45) is -0.427. The minimum Gasteiger partial charge on any atom is -0.481 e. The molecular weight excluding hydrogens is 561 g/mol. The smallest absolute Gasteiger partial charge is 0.313 e. The first-order valence-corrected chi connectivity index (χ1v) is 8.17. The van der Waals surface area contributed by atoms with E-state index in [1.54, 1.807) is 6.92 Å². The maximum atomic E-state index is 11.3. The van der Waals surface area contributed by atoms with Crippen LogP contribution in [-0.4, -0.2) is 22.3 Å². The number of benzene rings is 1. The molecule has 0 fully saturated rings. The third-order valence-electron chi connectivity index (χ3n) is 2.42. The summed E-state index contributed by atoms with van der Waals surface area (Å²) < 4.78 is 2.84. The van der Waals surface area contributed by atoms with Gasteiger partial charge in [0.1, 0.15) is 5.92 Å². The number of hydrogen-bond acceptors (Lipinski definition) is 2. The summed E-state index contributed by atoms with van der Waals surface area (Å²) in [5.74, 6) is -1.83. The molecule has 1 aromatic carbocycles. The van der Waals surface area contributed by atoms with E-state index in [4.69, 9.17) is 0 Å². The summed E-state index contributed by atoms with van der Waals surface area (Å²) in [5, 5.41) is 19.1. The van der Waals surface area contributed by atoms with Gasteiger partial charge in [0.25, 0.3) is 0 Å². The van der Waals surface area contributed by atoms with Crippen molar-refractivity contribution in [3.05, 3.63) is 28.4 Å². The highest BCUT2D eigenvalue weighted by molar-refractivity contribution is 14.1. The molecule has 1 rings (SSSR count). The second-order valence-electron chi connectivity index (χ2n) is 3.57. The van der Waals surface area contributed by atoms with E-state index < -0.39 is 18.0 Å². The molecule has 3 nitrogen and oxygen atoms in total. The minimum atomic E-state index is -0.976. The standard InChI is InChI=1S/C11H11I3O3/c1-2-8(15)10(11(16)17)9-6(13)3-5(12)4-7(9)14/h3-4,8,10,15H,2H2,1H3,(H,16,17). The topological polar surface area (TPSA) is 57.5 Å². The summed E-state index contributed by atoms with van der Waals surface area (Å²) in [7, 11) is 0. The third kappa shape index (κ3) is 3.90. The molecule has 0 aromatic heterocycles. The molecule has 17 heavy (non-hydrogen) atoms. The average molecular weight is 572 g/mol. The molecule has 0 radical (unpaired) electrons. The predicted molar refractivity (Wildman–Crippen MR) is 91.3 cm³/mol. The van der Waals surface area contributed by atoms with Crippen LogP contribution in [0.2, 0.25) is 0 Å². The van der Waals surface area contributed by atoms with Gasteiger partial charge in [-0.25, -0.2) is 0 Å². The van der Waals surface area contributed by atoms with E-state index in [1.807, 2.05) is 12.1 Å². The number of aliphatic carboxylic acids is 1. The molecule has 2 atom stereocenters. The van der Waals surface area contributed by atoms with Crippen molar-refractivity contribution < 1.29 is 15.0 Å². The number of carbonyl (C=O) groups is 1. The zero-order valence-electron chi connectivity index (χ0n) is 8.95.